The summed E-state index contributed by atoms with van der Waals surface area (Å²) < 4.78 is 56.0. The number of hydrogen-bond donors (Lipinski definition) is 2. The number of anilines is 1. The van der Waals surface area contributed by atoms with E-state index in [4.69, 9.17) is 0 Å². The van der Waals surface area contributed by atoms with Crippen molar-refractivity contribution in [2.45, 2.75) is 26.1 Å². The standard InChI is InChI=1S/C21H19F4N3OS/c1-11-6-16(17(22)9-18(11)28-30-3)12(2)27-20(29)14-7-13-4-5-15(21(23,24)25)8-19(13)26-10-14/h4-10,12,28H,1-3H3,(H,27,29)/t12-/m1/s1. The highest BCUT2D eigenvalue weighted by molar-refractivity contribution is 7.99. The van der Waals surface area contributed by atoms with Gasteiger partial charge in [0.25, 0.3) is 5.91 Å². The molecule has 0 bridgehead atoms. The molecule has 9 heteroatoms. The third-order valence-corrected chi connectivity index (χ3v) is 5.07. The lowest BCUT2D eigenvalue weighted by Gasteiger charge is -2.18. The molecule has 2 N–H and O–H groups in total. The molecular weight excluding hydrogens is 418 g/mol. The van der Waals surface area contributed by atoms with E-state index in [0.29, 0.717) is 16.6 Å². The van der Waals surface area contributed by atoms with Crippen molar-refractivity contribution < 1.29 is 22.4 Å². The molecule has 1 aromatic heterocycles. The monoisotopic (exact) mass is 437 g/mol. The Morgan fingerprint density at radius 1 is 1.17 bits per heavy atom. The normalized spacial score (nSPS) is 12.6. The first-order valence-corrected chi connectivity index (χ1v) is 10.2. The van der Waals surface area contributed by atoms with Crippen LogP contribution < -0.4 is 10.0 Å². The minimum atomic E-state index is -4.47. The van der Waals surface area contributed by atoms with Gasteiger partial charge in [-0.3, -0.25) is 9.78 Å². The maximum atomic E-state index is 14.5. The van der Waals surface area contributed by atoms with Crippen molar-refractivity contribution in [1.82, 2.24) is 10.3 Å². The van der Waals surface area contributed by atoms with Crippen molar-refractivity contribution >= 4 is 34.4 Å². The molecule has 0 saturated heterocycles. The molecule has 0 unspecified atom stereocenters. The van der Waals surface area contributed by atoms with Gasteiger partial charge in [-0.2, -0.15) is 13.2 Å². The fraction of sp³-hybridized carbons (Fsp3) is 0.238. The van der Waals surface area contributed by atoms with Crippen molar-refractivity contribution in [3.05, 3.63) is 70.7 Å². The molecule has 0 fully saturated rings. The van der Waals surface area contributed by atoms with E-state index in [1.807, 2.05) is 13.2 Å². The molecule has 3 rings (SSSR count). The van der Waals surface area contributed by atoms with E-state index in [2.05, 4.69) is 15.0 Å². The Kier molecular flexibility index (Phi) is 6.21. The second-order valence-electron chi connectivity index (χ2n) is 6.82. The lowest BCUT2D eigenvalue weighted by molar-refractivity contribution is -0.137. The van der Waals surface area contributed by atoms with Gasteiger partial charge in [0, 0.05) is 29.1 Å². The molecule has 0 aliphatic heterocycles. The summed E-state index contributed by atoms with van der Waals surface area (Å²) in [5.41, 5.74) is 1.31. The fourth-order valence-corrected chi connectivity index (χ4v) is 3.48. The van der Waals surface area contributed by atoms with Crippen molar-refractivity contribution in [3.8, 4) is 0 Å². The van der Waals surface area contributed by atoms with E-state index >= 15 is 0 Å². The van der Waals surface area contributed by atoms with Gasteiger partial charge in [0.2, 0.25) is 0 Å². The second kappa shape index (κ2) is 8.51. The number of carbonyl (C=O) groups is 1. The number of halogens is 4. The Morgan fingerprint density at radius 2 is 1.90 bits per heavy atom. The number of benzene rings is 2. The van der Waals surface area contributed by atoms with Crippen LogP contribution in [0.15, 0.2) is 42.6 Å². The Morgan fingerprint density at radius 3 is 2.57 bits per heavy atom. The molecule has 0 aliphatic rings. The summed E-state index contributed by atoms with van der Waals surface area (Å²) in [7, 11) is 0. The average molecular weight is 437 g/mol. The molecule has 0 spiro atoms. The number of amides is 1. The average Bonchev–Trinajstić information content (AvgIpc) is 2.69. The minimum Gasteiger partial charge on any atom is -0.345 e. The first kappa shape index (κ1) is 21.9. The first-order valence-electron chi connectivity index (χ1n) is 8.97. The molecule has 0 aliphatic carbocycles. The van der Waals surface area contributed by atoms with Crippen LogP contribution in [0, 0.1) is 12.7 Å². The molecule has 3 aromatic rings. The van der Waals surface area contributed by atoms with Gasteiger partial charge < -0.3 is 10.0 Å². The predicted octanol–water partition coefficient (Wildman–Crippen LogP) is 5.88. The number of pyridine rings is 1. The summed E-state index contributed by atoms with van der Waals surface area (Å²) in [6, 6.07) is 7.01. The number of fused-ring (bicyclic) bond motifs is 1. The Labute approximate surface area is 175 Å². The van der Waals surface area contributed by atoms with E-state index in [1.165, 1.54) is 36.3 Å². The summed E-state index contributed by atoms with van der Waals surface area (Å²) in [6.45, 7) is 3.49. The first-order chi connectivity index (χ1) is 14.1. The van der Waals surface area contributed by atoms with Gasteiger partial charge in [-0.15, -0.1) is 0 Å². The van der Waals surface area contributed by atoms with Crippen LogP contribution in [0.3, 0.4) is 0 Å². The van der Waals surface area contributed by atoms with Gasteiger partial charge in [0.05, 0.1) is 22.7 Å². The third kappa shape index (κ3) is 4.67. The van der Waals surface area contributed by atoms with E-state index in [9.17, 15) is 22.4 Å². The smallest absolute Gasteiger partial charge is 0.345 e. The van der Waals surface area contributed by atoms with Gasteiger partial charge in [0.15, 0.2) is 0 Å². The highest BCUT2D eigenvalue weighted by Gasteiger charge is 2.30. The quantitative estimate of drug-likeness (QED) is 0.387. The molecular formula is C21H19F4N3OS. The van der Waals surface area contributed by atoms with Crippen LogP contribution >= 0.6 is 11.9 Å². The molecule has 1 atom stereocenters. The summed E-state index contributed by atoms with van der Waals surface area (Å²) in [5, 5.41) is 3.11. The fourth-order valence-electron chi connectivity index (χ4n) is 3.04. The number of aromatic nitrogens is 1. The molecule has 1 amide bonds. The van der Waals surface area contributed by atoms with Gasteiger partial charge >= 0.3 is 6.18 Å². The van der Waals surface area contributed by atoms with Crippen molar-refractivity contribution in [1.29, 1.82) is 0 Å². The van der Waals surface area contributed by atoms with Gasteiger partial charge in [-0.05, 0) is 49.7 Å². The van der Waals surface area contributed by atoms with Gasteiger partial charge in [0.1, 0.15) is 5.82 Å². The van der Waals surface area contributed by atoms with Crippen LogP contribution in [0.2, 0.25) is 0 Å². The highest BCUT2D eigenvalue weighted by Crippen LogP contribution is 2.31. The zero-order valence-corrected chi connectivity index (χ0v) is 17.2. The lowest BCUT2D eigenvalue weighted by Crippen LogP contribution is -2.27. The summed E-state index contributed by atoms with van der Waals surface area (Å²) in [5.74, 6) is -0.957. The van der Waals surface area contributed by atoms with Crippen molar-refractivity contribution in [3.63, 3.8) is 0 Å². The van der Waals surface area contributed by atoms with E-state index in [0.717, 1.165) is 17.7 Å². The molecule has 2 aromatic carbocycles. The Hall–Kier alpha value is -2.81. The van der Waals surface area contributed by atoms with Crippen LogP contribution in [0.1, 0.15) is 40.0 Å². The van der Waals surface area contributed by atoms with Gasteiger partial charge in [-0.1, -0.05) is 18.0 Å². The topological polar surface area (TPSA) is 54.0 Å². The second-order valence-corrected chi connectivity index (χ2v) is 7.43. The van der Waals surface area contributed by atoms with Gasteiger partial charge in [-0.25, -0.2) is 4.39 Å². The lowest BCUT2D eigenvalue weighted by atomic mass is 10.0. The number of alkyl halides is 3. The summed E-state index contributed by atoms with van der Waals surface area (Å²) in [4.78, 5) is 16.6. The molecule has 0 saturated carbocycles. The van der Waals surface area contributed by atoms with Crippen LogP contribution in [0.25, 0.3) is 10.9 Å². The van der Waals surface area contributed by atoms with Crippen LogP contribution in [0.5, 0.6) is 0 Å². The minimum absolute atomic E-state index is 0.132. The zero-order valence-electron chi connectivity index (χ0n) is 16.4. The Bertz CT molecular complexity index is 1100. The van der Waals surface area contributed by atoms with Crippen LogP contribution in [0.4, 0.5) is 23.2 Å². The molecule has 30 heavy (non-hydrogen) atoms. The van der Waals surface area contributed by atoms with E-state index in [-0.39, 0.29) is 11.1 Å². The Balaban J connectivity index is 1.81. The summed E-state index contributed by atoms with van der Waals surface area (Å²) >= 11 is 1.35. The number of aryl methyl sites for hydroxylation is 1. The largest absolute Gasteiger partial charge is 0.416 e. The predicted molar refractivity (Wildman–Crippen MR) is 111 cm³/mol. The number of carbonyl (C=O) groups excluding carboxylic acids is 1. The molecule has 158 valence electrons. The summed E-state index contributed by atoms with van der Waals surface area (Å²) in [6.07, 6.45) is -1.43. The maximum absolute atomic E-state index is 14.5. The van der Waals surface area contributed by atoms with Crippen molar-refractivity contribution in [2.24, 2.45) is 0 Å². The number of nitrogens with zero attached hydrogens (tertiary/aromatic N) is 1. The SMILES string of the molecule is CSNc1cc(F)c([C@@H](C)NC(=O)c2cnc3cc(C(F)(F)F)ccc3c2)cc1C. The third-order valence-electron chi connectivity index (χ3n) is 4.64. The number of nitrogens with one attached hydrogen (secondary N) is 2. The number of rotatable bonds is 5. The van der Waals surface area contributed by atoms with E-state index < -0.39 is 29.5 Å². The van der Waals surface area contributed by atoms with Crippen LogP contribution in [-0.4, -0.2) is 17.1 Å². The molecule has 1 heterocycles. The zero-order chi connectivity index (χ0) is 22.1. The van der Waals surface area contributed by atoms with E-state index in [1.54, 1.807) is 13.0 Å². The maximum Gasteiger partial charge on any atom is 0.416 e. The molecule has 4 nitrogen and oxygen atoms in total. The number of hydrogen-bond acceptors (Lipinski definition) is 4. The van der Waals surface area contributed by atoms with Crippen LogP contribution in [-0.2, 0) is 6.18 Å². The van der Waals surface area contributed by atoms with Crippen molar-refractivity contribution in [2.75, 3.05) is 11.0 Å². The molecule has 0 radical (unpaired) electrons. The highest BCUT2D eigenvalue weighted by atomic mass is 32.2.